The Kier molecular flexibility index (Phi) is 17.1. The van der Waals surface area contributed by atoms with Crippen LogP contribution in [0, 0.1) is 12.3 Å². The molecule has 0 aliphatic carbocycles. The first-order valence-corrected chi connectivity index (χ1v) is 25.8. The molecule has 7 rings (SSSR count). The molecule has 370 valence electrons. The minimum absolute atomic E-state index is 0.0145. The number of likely N-dealkylation sites (tertiary alicyclic amines) is 1. The molecule has 15 heteroatoms. The molecular formula is C55H65N5O8S2. The number of thiazole rings is 1. The van der Waals surface area contributed by atoms with Crippen LogP contribution in [0.25, 0.3) is 31.0 Å². The monoisotopic (exact) mass is 987 g/mol. The van der Waals surface area contributed by atoms with Crippen molar-refractivity contribution in [1.29, 1.82) is 0 Å². The summed E-state index contributed by atoms with van der Waals surface area (Å²) in [5, 5.41) is 37.4. The largest absolute Gasteiger partial charge is 0.508 e. The summed E-state index contributed by atoms with van der Waals surface area (Å²) in [6.07, 6.45) is 2.95. The molecule has 5 N–H and O–H groups in total. The Balaban J connectivity index is 0.830. The number of likely N-dealkylation sites (N-methyl/N-ethyl adjacent to an activating group) is 1. The van der Waals surface area contributed by atoms with E-state index in [9.17, 15) is 34.5 Å². The molecule has 0 spiro atoms. The molecule has 70 heavy (non-hydrogen) atoms. The third-order valence-corrected chi connectivity index (χ3v) is 15.1. The fourth-order valence-corrected chi connectivity index (χ4v) is 11.0. The van der Waals surface area contributed by atoms with Gasteiger partial charge in [0.25, 0.3) is 0 Å². The molecule has 1 aliphatic rings. The minimum Gasteiger partial charge on any atom is -0.508 e. The highest BCUT2D eigenvalue weighted by Crippen LogP contribution is 2.42. The van der Waals surface area contributed by atoms with Gasteiger partial charge in [-0.1, -0.05) is 64.8 Å². The van der Waals surface area contributed by atoms with Crippen LogP contribution in [-0.4, -0.2) is 105 Å². The quantitative estimate of drug-likeness (QED) is 0.0344. The molecule has 13 nitrogen and oxygen atoms in total. The van der Waals surface area contributed by atoms with Crippen LogP contribution in [0.2, 0.25) is 0 Å². The number of aliphatic hydroxyl groups excluding tert-OH is 1. The number of β-amino-alcohol motifs (C(OH)–C–C–N with tert-alkyl or cyclic N) is 1. The zero-order valence-corrected chi connectivity index (χ0v) is 42.5. The molecule has 0 radical (unpaired) electrons. The van der Waals surface area contributed by atoms with E-state index in [4.69, 9.17) is 4.74 Å². The Morgan fingerprint density at radius 3 is 2.20 bits per heavy atom. The normalized spacial score (nSPS) is 15.8. The first kappa shape index (κ1) is 51.7. The van der Waals surface area contributed by atoms with E-state index >= 15 is 0 Å². The number of fused-ring (bicyclic) bond motifs is 1. The lowest BCUT2D eigenvalue weighted by atomic mass is 9.85. The highest BCUT2D eigenvalue weighted by Gasteiger charge is 2.44. The number of aromatic nitrogens is 1. The average molecular weight is 988 g/mol. The molecule has 4 aromatic carbocycles. The Hall–Kier alpha value is -6.13. The van der Waals surface area contributed by atoms with Gasteiger partial charge in [-0.15, -0.1) is 22.7 Å². The number of carbonyl (C=O) groups is 4. The van der Waals surface area contributed by atoms with Crippen LogP contribution in [-0.2, 0) is 14.4 Å². The Morgan fingerprint density at radius 1 is 0.857 bits per heavy atom. The molecule has 0 bridgehead atoms. The first-order chi connectivity index (χ1) is 33.5. The number of aliphatic hydroxyl groups is 1. The summed E-state index contributed by atoms with van der Waals surface area (Å²) >= 11 is 3.00. The standard InChI is InChI=1S/C55H65N5O8S2/c1-7-59(28-29-68-43-24-19-37(20-25-43)49(65)48-44-26-23-41(62)31-46(44)70-51(48)39-17-21-40(61)22-18-39)27-11-9-8-10-12-47(64)58-52(55(4,5)6)54(67)60-32-42(63)30-45(60)53(66)57-34(2)36-13-15-38(16-14-36)50-35(3)56-33-69-50/h13-26,31,33-34,42,45,52,61-63H,7-12,27-30,32H2,1-6H3,(H,57,66)(H,58,64). The van der Waals surface area contributed by atoms with Gasteiger partial charge < -0.3 is 40.5 Å². The molecule has 4 unspecified atom stereocenters. The zero-order valence-electron chi connectivity index (χ0n) is 40.9. The van der Waals surface area contributed by atoms with E-state index in [2.05, 4.69) is 27.4 Å². The zero-order chi connectivity index (χ0) is 50.1. The molecule has 0 saturated carbocycles. The van der Waals surface area contributed by atoms with E-state index in [0.29, 0.717) is 29.9 Å². The van der Waals surface area contributed by atoms with Crippen LogP contribution in [0.3, 0.4) is 0 Å². The van der Waals surface area contributed by atoms with Gasteiger partial charge in [0, 0.05) is 52.0 Å². The molecule has 4 atom stereocenters. The van der Waals surface area contributed by atoms with Crippen molar-refractivity contribution < 1.29 is 39.2 Å². The van der Waals surface area contributed by atoms with Crippen LogP contribution in [0.4, 0.5) is 0 Å². The average Bonchev–Trinajstić information content (AvgIpc) is 4.07. The number of rotatable bonds is 21. The number of aryl methyl sites for hydroxylation is 1. The fourth-order valence-electron chi connectivity index (χ4n) is 8.92. The molecule has 6 aromatic rings. The van der Waals surface area contributed by atoms with Gasteiger partial charge in [-0.05, 0) is 129 Å². The number of aromatic hydroxyl groups is 2. The molecule has 1 fully saturated rings. The van der Waals surface area contributed by atoms with Crippen LogP contribution in [0.15, 0.2) is 96.5 Å². The molecule has 3 amide bonds. The van der Waals surface area contributed by atoms with Gasteiger partial charge in [0.05, 0.1) is 28.2 Å². The number of unbranched alkanes of at least 4 members (excludes halogenated alkanes) is 3. The highest BCUT2D eigenvalue weighted by atomic mass is 32.1. The lowest BCUT2D eigenvalue weighted by Crippen LogP contribution is -2.57. The van der Waals surface area contributed by atoms with Gasteiger partial charge in [-0.25, -0.2) is 4.98 Å². The molecule has 3 heterocycles. The maximum Gasteiger partial charge on any atom is 0.246 e. The third-order valence-electron chi connectivity index (χ3n) is 13.0. The lowest BCUT2D eigenvalue weighted by Gasteiger charge is -2.35. The van der Waals surface area contributed by atoms with Crippen LogP contribution in [0.5, 0.6) is 17.2 Å². The Labute approximate surface area is 418 Å². The summed E-state index contributed by atoms with van der Waals surface area (Å²) < 4.78 is 6.88. The van der Waals surface area contributed by atoms with Crippen molar-refractivity contribution in [2.75, 3.05) is 32.8 Å². The van der Waals surface area contributed by atoms with Crippen LogP contribution < -0.4 is 15.4 Å². The third kappa shape index (κ3) is 12.8. The number of amides is 3. The number of nitrogens with zero attached hydrogens (tertiary/aromatic N) is 3. The lowest BCUT2D eigenvalue weighted by molar-refractivity contribution is -0.144. The van der Waals surface area contributed by atoms with E-state index in [1.807, 2.05) is 64.4 Å². The van der Waals surface area contributed by atoms with Gasteiger partial charge in [0.2, 0.25) is 17.7 Å². The van der Waals surface area contributed by atoms with Gasteiger partial charge in [-0.2, -0.15) is 0 Å². The Bertz CT molecular complexity index is 2750. The van der Waals surface area contributed by atoms with Crippen LogP contribution in [0.1, 0.15) is 106 Å². The van der Waals surface area contributed by atoms with Crippen molar-refractivity contribution in [2.24, 2.45) is 5.41 Å². The topological polar surface area (TPSA) is 182 Å². The van der Waals surface area contributed by atoms with E-state index < -0.39 is 23.6 Å². The SMILES string of the molecule is CCN(CCCCCCC(=O)NC(C(=O)N1CC(O)CC1C(=O)NC(C)c1ccc(-c2scnc2C)cc1)C(C)(C)C)CCOc1ccc(C(=O)c2c(-c3ccc(O)cc3)sc3cc(O)ccc23)cc1. The van der Waals surface area contributed by atoms with E-state index in [0.717, 1.165) is 81.1 Å². The number of phenols is 2. The molecule has 1 saturated heterocycles. The second-order valence-electron chi connectivity index (χ2n) is 19.2. The first-order valence-electron chi connectivity index (χ1n) is 24.1. The fraction of sp³-hybridized carbons (Fsp3) is 0.400. The second kappa shape index (κ2) is 23.2. The summed E-state index contributed by atoms with van der Waals surface area (Å²) in [7, 11) is 0. The van der Waals surface area contributed by atoms with Crippen molar-refractivity contribution in [3.05, 3.63) is 119 Å². The number of benzene rings is 4. The van der Waals surface area contributed by atoms with Crippen molar-refractivity contribution in [1.82, 2.24) is 25.4 Å². The summed E-state index contributed by atoms with van der Waals surface area (Å²) in [4.78, 5) is 65.1. The number of thiophene rings is 1. The Morgan fingerprint density at radius 2 is 1.53 bits per heavy atom. The summed E-state index contributed by atoms with van der Waals surface area (Å²) in [6.45, 7) is 14.6. The minimum atomic E-state index is -0.879. The summed E-state index contributed by atoms with van der Waals surface area (Å²) in [6, 6.07) is 24.8. The van der Waals surface area contributed by atoms with E-state index in [-0.39, 0.29) is 60.4 Å². The number of phenolic OH excluding ortho intramolecular Hbond substituents is 2. The molecular weight excluding hydrogens is 923 g/mol. The summed E-state index contributed by atoms with van der Waals surface area (Å²) in [5.74, 6) is -0.157. The molecule has 1 aliphatic heterocycles. The number of carbonyl (C=O) groups excluding carboxylic acids is 4. The van der Waals surface area contributed by atoms with Crippen molar-refractivity contribution in [3.63, 3.8) is 0 Å². The number of hydrogen-bond donors (Lipinski definition) is 5. The summed E-state index contributed by atoms with van der Waals surface area (Å²) in [5.41, 5.74) is 5.98. The van der Waals surface area contributed by atoms with Crippen molar-refractivity contribution in [2.45, 2.75) is 104 Å². The molecule has 2 aromatic heterocycles. The van der Waals surface area contributed by atoms with Gasteiger partial charge in [-0.3, -0.25) is 19.2 Å². The van der Waals surface area contributed by atoms with E-state index in [1.54, 1.807) is 78.1 Å². The number of nitrogens with one attached hydrogen (secondary N) is 2. The number of hydrogen-bond acceptors (Lipinski definition) is 12. The van der Waals surface area contributed by atoms with Gasteiger partial charge in [0.15, 0.2) is 5.78 Å². The predicted molar refractivity (Wildman–Crippen MR) is 278 cm³/mol. The van der Waals surface area contributed by atoms with Crippen LogP contribution >= 0.6 is 22.7 Å². The van der Waals surface area contributed by atoms with Gasteiger partial charge >= 0.3 is 0 Å². The van der Waals surface area contributed by atoms with Crippen molar-refractivity contribution in [3.8, 4) is 38.1 Å². The number of ketones is 1. The number of ether oxygens (including phenoxy) is 1. The van der Waals surface area contributed by atoms with Gasteiger partial charge in [0.1, 0.15) is 35.9 Å². The smallest absolute Gasteiger partial charge is 0.246 e. The van der Waals surface area contributed by atoms with Crippen molar-refractivity contribution >= 4 is 56.3 Å². The maximum atomic E-state index is 14.1. The highest BCUT2D eigenvalue weighted by molar-refractivity contribution is 7.22. The second-order valence-corrected chi connectivity index (χ2v) is 21.1. The predicted octanol–water partition coefficient (Wildman–Crippen LogP) is 9.66. The van der Waals surface area contributed by atoms with E-state index in [1.165, 1.54) is 16.2 Å². The maximum absolute atomic E-state index is 14.1.